The minimum absolute atomic E-state index is 0.0288. The molecule has 26 heavy (non-hydrogen) atoms. The van der Waals surface area contributed by atoms with Crippen LogP contribution in [-0.2, 0) is 0 Å². The number of carbonyl (C=O) groups is 1. The molecule has 0 fully saturated rings. The van der Waals surface area contributed by atoms with Crippen molar-refractivity contribution >= 4 is 5.78 Å². The van der Waals surface area contributed by atoms with Gasteiger partial charge in [-0.1, -0.05) is 0 Å². The number of carbonyl (C=O) groups excluding carboxylic acids is 1. The zero-order valence-electron chi connectivity index (χ0n) is 16.1. The van der Waals surface area contributed by atoms with Crippen molar-refractivity contribution in [1.82, 2.24) is 0 Å². The van der Waals surface area contributed by atoms with Gasteiger partial charge in [0.2, 0.25) is 0 Å². The number of benzene rings is 2. The van der Waals surface area contributed by atoms with Crippen molar-refractivity contribution in [3.63, 3.8) is 0 Å². The van der Waals surface area contributed by atoms with Crippen molar-refractivity contribution in [2.24, 2.45) is 0 Å². The quantitative estimate of drug-likeness (QED) is 0.776. The summed E-state index contributed by atoms with van der Waals surface area (Å²) >= 11 is 0. The first-order valence-electron chi connectivity index (χ1n) is 8.44. The Morgan fingerprint density at radius 1 is 0.731 bits per heavy atom. The summed E-state index contributed by atoms with van der Waals surface area (Å²) in [5, 5.41) is 19.9. The molecule has 0 saturated carbocycles. The van der Waals surface area contributed by atoms with Gasteiger partial charge in [0.1, 0.15) is 11.2 Å². The molecule has 0 aromatic heterocycles. The standard InChI is InChI=1S/C21H26O5/c1-20(2,3)25-17-11-13(7-9-15(17)22)19(24)14-8-10-16(23)18(12-14)26-21(4,5)6/h7-12,22-23H,1-6H3. The van der Waals surface area contributed by atoms with Gasteiger partial charge in [-0.3, -0.25) is 4.79 Å². The molecule has 5 nitrogen and oxygen atoms in total. The fraction of sp³-hybridized carbons (Fsp3) is 0.381. The lowest BCUT2D eigenvalue weighted by molar-refractivity contribution is 0.102. The molecule has 140 valence electrons. The third-order valence-electron chi connectivity index (χ3n) is 3.28. The maximum Gasteiger partial charge on any atom is 0.193 e. The number of phenols is 2. The molecule has 0 aliphatic rings. The van der Waals surface area contributed by atoms with E-state index in [1.165, 1.54) is 36.4 Å². The Morgan fingerprint density at radius 2 is 1.08 bits per heavy atom. The molecule has 0 aliphatic heterocycles. The molecule has 0 heterocycles. The second-order valence-electron chi connectivity index (χ2n) is 8.12. The Balaban J connectivity index is 2.37. The Bertz CT molecular complexity index is 743. The first-order valence-corrected chi connectivity index (χ1v) is 8.44. The highest BCUT2D eigenvalue weighted by Gasteiger charge is 2.20. The number of hydrogen-bond donors (Lipinski definition) is 2. The Labute approximate surface area is 154 Å². The molecule has 2 aromatic carbocycles. The number of rotatable bonds is 4. The van der Waals surface area contributed by atoms with Crippen LogP contribution in [0.1, 0.15) is 57.5 Å². The topological polar surface area (TPSA) is 76.0 Å². The van der Waals surface area contributed by atoms with Crippen LogP contribution in [0.4, 0.5) is 0 Å². The molecule has 2 aromatic rings. The van der Waals surface area contributed by atoms with E-state index in [9.17, 15) is 15.0 Å². The van der Waals surface area contributed by atoms with Crippen LogP contribution in [0.2, 0.25) is 0 Å². The van der Waals surface area contributed by atoms with Gasteiger partial charge in [0.15, 0.2) is 28.8 Å². The van der Waals surface area contributed by atoms with Gasteiger partial charge in [0, 0.05) is 11.1 Å². The number of aromatic hydroxyl groups is 2. The average Bonchev–Trinajstić information content (AvgIpc) is 2.48. The Kier molecular flexibility index (Phi) is 5.21. The van der Waals surface area contributed by atoms with Gasteiger partial charge >= 0.3 is 0 Å². The van der Waals surface area contributed by atoms with E-state index in [4.69, 9.17) is 9.47 Å². The van der Waals surface area contributed by atoms with Crippen molar-refractivity contribution in [1.29, 1.82) is 0 Å². The van der Waals surface area contributed by atoms with Crippen molar-refractivity contribution < 1.29 is 24.5 Å². The highest BCUT2D eigenvalue weighted by Crippen LogP contribution is 2.33. The van der Waals surface area contributed by atoms with Gasteiger partial charge in [0.25, 0.3) is 0 Å². The minimum atomic E-state index is -0.509. The lowest BCUT2D eigenvalue weighted by atomic mass is 10.0. The van der Waals surface area contributed by atoms with Gasteiger partial charge in [-0.05, 0) is 77.9 Å². The smallest absolute Gasteiger partial charge is 0.193 e. The van der Waals surface area contributed by atoms with E-state index in [2.05, 4.69) is 0 Å². The highest BCUT2D eigenvalue weighted by molar-refractivity contribution is 6.09. The molecule has 0 saturated heterocycles. The fourth-order valence-electron chi connectivity index (χ4n) is 2.30. The summed E-state index contributed by atoms with van der Waals surface area (Å²) in [7, 11) is 0. The summed E-state index contributed by atoms with van der Waals surface area (Å²) in [5.41, 5.74) is -0.277. The van der Waals surface area contributed by atoms with Gasteiger partial charge in [-0.2, -0.15) is 0 Å². The van der Waals surface area contributed by atoms with E-state index in [1.54, 1.807) is 0 Å². The van der Waals surface area contributed by atoms with E-state index < -0.39 is 11.2 Å². The summed E-state index contributed by atoms with van der Waals surface area (Å²) < 4.78 is 11.4. The maximum atomic E-state index is 12.8. The lowest BCUT2D eigenvalue weighted by Gasteiger charge is -2.22. The highest BCUT2D eigenvalue weighted by atomic mass is 16.5. The predicted octanol–water partition coefficient (Wildman–Crippen LogP) is 4.68. The van der Waals surface area contributed by atoms with Gasteiger partial charge in [-0.15, -0.1) is 0 Å². The number of ketones is 1. The van der Waals surface area contributed by atoms with Crippen LogP contribution in [0.5, 0.6) is 23.0 Å². The van der Waals surface area contributed by atoms with E-state index in [1.807, 2.05) is 41.5 Å². The number of ether oxygens (including phenoxy) is 2. The Hall–Kier alpha value is -2.69. The van der Waals surface area contributed by atoms with Crippen molar-refractivity contribution in [3.05, 3.63) is 47.5 Å². The van der Waals surface area contributed by atoms with Gasteiger partial charge in [0.05, 0.1) is 0 Å². The largest absolute Gasteiger partial charge is 0.504 e. The SMILES string of the molecule is CC(C)(C)Oc1cc(C(=O)c2ccc(O)c(OC(C)(C)C)c2)ccc1O. The molecule has 0 atom stereocenters. The van der Waals surface area contributed by atoms with E-state index in [0.717, 1.165) is 0 Å². The van der Waals surface area contributed by atoms with Crippen LogP contribution in [0, 0.1) is 0 Å². The minimum Gasteiger partial charge on any atom is -0.504 e. The normalized spacial score (nSPS) is 11.9. The molecule has 0 aliphatic carbocycles. The molecular formula is C21H26O5. The van der Waals surface area contributed by atoms with Crippen LogP contribution >= 0.6 is 0 Å². The van der Waals surface area contributed by atoms with Gasteiger partial charge in [-0.25, -0.2) is 0 Å². The summed E-state index contributed by atoms with van der Waals surface area (Å²) in [4.78, 5) is 12.8. The van der Waals surface area contributed by atoms with Crippen molar-refractivity contribution in [2.45, 2.75) is 52.7 Å². The van der Waals surface area contributed by atoms with Crippen LogP contribution < -0.4 is 9.47 Å². The zero-order valence-corrected chi connectivity index (χ0v) is 16.1. The summed E-state index contributed by atoms with van der Waals surface area (Å²) in [5.74, 6) is 0.168. The predicted molar refractivity (Wildman–Crippen MR) is 100 cm³/mol. The average molecular weight is 358 g/mol. The van der Waals surface area contributed by atoms with Crippen LogP contribution in [0.15, 0.2) is 36.4 Å². The third kappa shape index (κ3) is 5.15. The molecule has 0 radical (unpaired) electrons. The van der Waals surface area contributed by atoms with Gasteiger partial charge < -0.3 is 19.7 Å². The maximum absolute atomic E-state index is 12.8. The first-order chi connectivity index (χ1) is 11.9. The molecule has 0 spiro atoms. The zero-order chi connectivity index (χ0) is 19.7. The summed E-state index contributed by atoms with van der Waals surface area (Å²) in [6.45, 7) is 11.1. The number of hydrogen-bond acceptors (Lipinski definition) is 5. The van der Waals surface area contributed by atoms with Crippen LogP contribution in [0.3, 0.4) is 0 Å². The van der Waals surface area contributed by atoms with E-state index in [0.29, 0.717) is 11.1 Å². The molecular weight excluding hydrogens is 332 g/mol. The third-order valence-corrected chi connectivity index (χ3v) is 3.28. The number of phenolic OH excluding ortho intramolecular Hbond substituents is 2. The van der Waals surface area contributed by atoms with Crippen LogP contribution in [-0.4, -0.2) is 27.2 Å². The molecule has 0 bridgehead atoms. The summed E-state index contributed by atoms with van der Waals surface area (Å²) in [6.07, 6.45) is 0. The van der Waals surface area contributed by atoms with Crippen molar-refractivity contribution in [3.8, 4) is 23.0 Å². The fourth-order valence-corrected chi connectivity index (χ4v) is 2.30. The second kappa shape index (κ2) is 6.90. The molecule has 0 amide bonds. The monoisotopic (exact) mass is 358 g/mol. The molecule has 0 unspecified atom stereocenters. The first kappa shape index (κ1) is 19.6. The van der Waals surface area contributed by atoms with E-state index in [-0.39, 0.29) is 28.8 Å². The Morgan fingerprint density at radius 3 is 1.38 bits per heavy atom. The molecule has 5 heteroatoms. The van der Waals surface area contributed by atoms with Crippen LogP contribution in [0.25, 0.3) is 0 Å². The molecule has 2 N–H and O–H groups in total. The molecule has 2 rings (SSSR count). The lowest BCUT2D eigenvalue weighted by Crippen LogP contribution is -2.23. The van der Waals surface area contributed by atoms with E-state index >= 15 is 0 Å². The summed E-state index contributed by atoms with van der Waals surface area (Å²) in [6, 6.07) is 8.96. The van der Waals surface area contributed by atoms with Crippen molar-refractivity contribution in [2.75, 3.05) is 0 Å². The second-order valence-corrected chi connectivity index (χ2v) is 8.12.